The Morgan fingerprint density at radius 2 is 1.79 bits per heavy atom. The molecule has 1 saturated heterocycles. The van der Waals surface area contributed by atoms with E-state index in [0.29, 0.717) is 0 Å². The molecule has 3 nitrogen and oxygen atoms in total. The van der Waals surface area contributed by atoms with Crippen molar-refractivity contribution in [3.63, 3.8) is 0 Å². The molecular weight excluding hydrogens is 176 g/mol. The molecule has 0 spiro atoms. The van der Waals surface area contributed by atoms with Crippen LogP contribution in [0.5, 0.6) is 0 Å². The summed E-state index contributed by atoms with van der Waals surface area (Å²) in [5.41, 5.74) is 1.40. The van der Waals surface area contributed by atoms with Gasteiger partial charge < -0.3 is 4.90 Å². The van der Waals surface area contributed by atoms with Gasteiger partial charge in [-0.1, -0.05) is 11.6 Å². The van der Waals surface area contributed by atoms with Crippen molar-refractivity contribution >= 4 is 5.91 Å². The Bertz CT molecular complexity index is 227. The van der Waals surface area contributed by atoms with Crippen molar-refractivity contribution in [2.75, 3.05) is 32.7 Å². The van der Waals surface area contributed by atoms with Gasteiger partial charge in [0.25, 0.3) is 0 Å². The van der Waals surface area contributed by atoms with E-state index < -0.39 is 0 Å². The molecule has 0 aromatic carbocycles. The van der Waals surface area contributed by atoms with E-state index in [2.05, 4.69) is 24.8 Å². The van der Waals surface area contributed by atoms with Gasteiger partial charge >= 0.3 is 0 Å². The summed E-state index contributed by atoms with van der Waals surface area (Å²) in [7, 11) is 0. The summed E-state index contributed by atoms with van der Waals surface area (Å²) in [6.45, 7) is 10.7. The molecule has 0 bridgehead atoms. The number of carbonyl (C=O) groups is 1. The summed E-state index contributed by atoms with van der Waals surface area (Å²) in [4.78, 5) is 15.4. The summed E-state index contributed by atoms with van der Waals surface area (Å²) in [5.74, 6) is 0.201. The summed E-state index contributed by atoms with van der Waals surface area (Å²) in [5, 5.41) is 0. The first-order valence-corrected chi connectivity index (χ1v) is 5.23. The first-order valence-electron chi connectivity index (χ1n) is 5.23. The van der Waals surface area contributed by atoms with Crippen molar-refractivity contribution in [3.8, 4) is 0 Å². The van der Waals surface area contributed by atoms with Crippen LogP contribution in [0.1, 0.15) is 20.8 Å². The maximum atomic E-state index is 11.1. The van der Waals surface area contributed by atoms with Crippen LogP contribution >= 0.6 is 0 Å². The monoisotopic (exact) mass is 196 g/mol. The van der Waals surface area contributed by atoms with Crippen LogP contribution in [0.25, 0.3) is 0 Å². The fraction of sp³-hybridized carbons (Fsp3) is 0.727. The lowest BCUT2D eigenvalue weighted by Crippen LogP contribution is -2.48. The third-order valence-electron chi connectivity index (χ3n) is 2.78. The molecule has 1 rings (SSSR count). The fourth-order valence-electron chi connectivity index (χ4n) is 1.66. The molecule has 1 fully saturated rings. The Morgan fingerprint density at radius 1 is 1.21 bits per heavy atom. The minimum Gasteiger partial charge on any atom is -0.340 e. The van der Waals surface area contributed by atoms with Crippen LogP contribution in [0, 0.1) is 0 Å². The highest BCUT2D eigenvalue weighted by molar-refractivity contribution is 5.73. The first kappa shape index (κ1) is 11.2. The zero-order valence-corrected chi connectivity index (χ0v) is 9.42. The van der Waals surface area contributed by atoms with Crippen molar-refractivity contribution in [2.45, 2.75) is 20.8 Å². The molecule has 0 unspecified atom stereocenters. The number of piperazine rings is 1. The van der Waals surface area contributed by atoms with E-state index in [-0.39, 0.29) is 5.91 Å². The average molecular weight is 196 g/mol. The molecule has 0 aromatic rings. The minimum atomic E-state index is 0.201. The van der Waals surface area contributed by atoms with Crippen LogP contribution in [0.15, 0.2) is 11.6 Å². The Hall–Kier alpha value is -0.830. The second-order valence-electron chi connectivity index (χ2n) is 3.92. The van der Waals surface area contributed by atoms with Gasteiger partial charge in [0.1, 0.15) is 0 Å². The Labute approximate surface area is 86.4 Å². The predicted molar refractivity (Wildman–Crippen MR) is 58.1 cm³/mol. The molecule has 1 heterocycles. The maximum absolute atomic E-state index is 11.1. The normalized spacial score (nSPS) is 19.9. The highest BCUT2D eigenvalue weighted by Gasteiger charge is 2.17. The SMILES string of the molecule is CC=C(C)CN1CCN(C(C)=O)CC1. The van der Waals surface area contributed by atoms with Crippen LogP contribution in [-0.4, -0.2) is 48.4 Å². The van der Waals surface area contributed by atoms with Crippen LogP contribution in [0.2, 0.25) is 0 Å². The zero-order chi connectivity index (χ0) is 10.6. The van der Waals surface area contributed by atoms with Gasteiger partial charge in [-0.15, -0.1) is 0 Å². The van der Waals surface area contributed by atoms with E-state index in [1.54, 1.807) is 6.92 Å². The molecule has 80 valence electrons. The number of hydrogen-bond acceptors (Lipinski definition) is 2. The van der Waals surface area contributed by atoms with Gasteiger partial charge in [0.05, 0.1) is 0 Å². The number of carbonyl (C=O) groups excluding carboxylic acids is 1. The van der Waals surface area contributed by atoms with Crippen LogP contribution in [0.4, 0.5) is 0 Å². The topological polar surface area (TPSA) is 23.6 Å². The lowest BCUT2D eigenvalue weighted by Gasteiger charge is -2.34. The molecule has 0 saturated carbocycles. The molecule has 0 aliphatic carbocycles. The van der Waals surface area contributed by atoms with Gasteiger partial charge in [0.2, 0.25) is 5.91 Å². The zero-order valence-electron chi connectivity index (χ0n) is 9.42. The van der Waals surface area contributed by atoms with Crippen molar-refractivity contribution < 1.29 is 4.79 Å². The number of rotatable bonds is 2. The second kappa shape index (κ2) is 5.15. The number of amides is 1. The Balaban J connectivity index is 2.32. The molecule has 1 aliphatic heterocycles. The largest absolute Gasteiger partial charge is 0.340 e. The molecule has 0 radical (unpaired) electrons. The lowest BCUT2D eigenvalue weighted by atomic mass is 10.2. The maximum Gasteiger partial charge on any atom is 0.219 e. The second-order valence-corrected chi connectivity index (χ2v) is 3.92. The highest BCUT2D eigenvalue weighted by atomic mass is 16.2. The molecule has 3 heteroatoms. The molecule has 14 heavy (non-hydrogen) atoms. The van der Waals surface area contributed by atoms with E-state index in [9.17, 15) is 4.79 Å². The fourth-order valence-corrected chi connectivity index (χ4v) is 1.66. The highest BCUT2D eigenvalue weighted by Crippen LogP contribution is 2.04. The van der Waals surface area contributed by atoms with Gasteiger partial charge in [-0.25, -0.2) is 0 Å². The number of allylic oxidation sites excluding steroid dienone is 1. The van der Waals surface area contributed by atoms with Crippen LogP contribution in [-0.2, 0) is 4.79 Å². The Kier molecular flexibility index (Phi) is 4.14. The number of nitrogens with zero attached hydrogens (tertiary/aromatic N) is 2. The lowest BCUT2D eigenvalue weighted by molar-refractivity contribution is -0.130. The van der Waals surface area contributed by atoms with E-state index in [1.807, 2.05) is 4.90 Å². The molecule has 0 aromatic heterocycles. The molecule has 0 N–H and O–H groups in total. The third kappa shape index (κ3) is 3.14. The molecule has 1 amide bonds. The molecule has 1 aliphatic rings. The minimum absolute atomic E-state index is 0.201. The van der Waals surface area contributed by atoms with Gasteiger partial charge in [0, 0.05) is 39.6 Å². The van der Waals surface area contributed by atoms with Gasteiger partial charge in [-0.05, 0) is 13.8 Å². The average Bonchev–Trinajstić information content (AvgIpc) is 2.18. The summed E-state index contributed by atoms with van der Waals surface area (Å²) < 4.78 is 0. The molecule has 0 atom stereocenters. The quantitative estimate of drug-likeness (QED) is 0.618. The van der Waals surface area contributed by atoms with Crippen molar-refractivity contribution in [1.82, 2.24) is 9.80 Å². The third-order valence-corrected chi connectivity index (χ3v) is 2.78. The molecular formula is C11H20N2O. The summed E-state index contributed by atoms with van der Waals surface area (Å²) in [6, 6.07) is 0. The summed E-state index contributed by atoms with van der Waals surface area (Å²) in [6.07, 6.45) is 2.15. The first-order chi connectivity index (χ1) is 6.63. The van der Waals surface area contributed by atoms with Gasteiger partial charge in [-0.2, -0.15) is 0 Å². The van der Waals surface area contributed by atoms with Gasteiger partial charge in [0.15, 0.2) is 0 Å². The van der Waals surface area contributed by atoms with E-state index in [4.69, 9.17) is 0 Å². The number of hydrogen-bond donors (Lipinski definition) is 0. The van der Waals surface area contributed by atoms with Crippen molar-refractivity contribution in [2.24, 2.45) is 0 Å². The van der Waals surface area contributed by atoms with E-state index in [1.165, 1.54) is 5.57 Å². The van der Waals surface area contributed by atoms with Gasteiger partial charge in [-0.3, -0.25) is 9.69 Å². The van der Waals surface area contributed by atoms with Crippen molar-refractivity contribution in [1.29, 1.82) is 0 Å². The standard InChI is InChI=1S/C11H20N2O/c1-4-10(2)9-12-5-7-13(8-6-12)11(3)14/h4H,5-9H2,1-3H3. The Morgan fingerprint density at radius 3 is 2.21 bits per heavy atom. The van der Waals surface area contributed by atoms with Crippen LogP contribution in [0.3, 0.4) is 0 Å². The summed E-state index contributed by atoms with van der Waals surface area (Å²) >= 11 is 0. The smallest absolute Gasteiger partial charge is 0.219 e. The van der Waals surface area contributed by atoms with E-state index >= 15 is 0 Å². The predicted octanol–water partition coefficient (Wildman–Crippen LogP) is 1.12. The van der Waals surface area contributed by atoms with Crippen molar-refractivity contribution in [3.05, 3.63) is 11.6 Å². The van der Waals surface area contributed by atoms with Crippen LogP contribution < -0.4 is 0 Å². The van der Waals surface area contributed by atoms with E-state index in [0.717, 1.165) is 32.7 Å².